The van der Waals surface area contributed by atoms with Gasteiger partial charge in [-0.2, -0.15) is 0 Å². The van der Waals surface area contributed by atoms with E-state index in [1.165, 1.54) is 13.2 Å². The van der Waals surface area contributed by atoms with E-state index in [0.29, 0.717) is 0 Å². The topological polar surface area (TPSA) is 75.7 Å². The Morgan fingerprint density at radius 1 is 1.22 bits per heavy atom. The van der Waals surface area contributed by atoms with Gasteiger partial charge in [-0.15, -0.1) is 0 Å². The first kappa shape index (κ1) is 20.8. The van der Waals surface area contributed by atoms with Crippen LogP contribution in [-0.2, 0) is 14.3 Å². The fourth-order valence-electron chi connectivity index (χ4n) is 3.07. The lowest BCUT2D eigenvalue weighted by Crippen LogP contribution is -2.63. The van der Waals surface area contributed by atoms with Gasteiger partial charge in [0.15, 0.2) is 11.6 Å². The number of esters is 1. The number of halogens is 2. The Hall–Kier alpha value is -2.55. The second-order valence-corrected chi connectivity index (χ2v) is 12.5. The van der Waals surface area contributed by atoms with E-state index in [1.54, 1.807) is 6.92 Å². The van der Waals surface area contributed by atoms with Gasteiger partial charge in [-0.05, 0) is 18.2 Å². The number of benzene rings is 1. The van der Waals surface area contributed by atoms with Crippen LogP contribution in [0.4, 0.5) is 13.6 Å². The maximum absolute atomic E-state index is 13.7. The van der Waals surface area contributed by atoms with E-state index < -0.39 is 43.3 Å². The molecule has 1 aromatic rings. The van der Waals surface area contributed by atoms with E-state index in [0.717, 1.165) is 17.0 Å². The lowest BCUT2D eigenvalue weighted by Gasteiger charge is -2.42. The van der Waals surface area contributed by atoms with E-state index in [1.807, 2.05) is 19.6 Å². The standard InChI is InChI=1S/C18H22F2N2O4Si/c1-6-13(23)22-16(27(3,4)5)14(17(24)26-2)15(21-18(22)25)10-7-8-11(19)12(20)9-10/h7-9,16H,6H2,1-5H3,(H,21,25). The highest BCUT2D eigenvalue weighted by Gasteiger charge is 2.47. The number of urea groups is 1. The molecule has 1 aliphatic rings. The molecule has 2 rings (SSSR count). The maximum Gasteiger partial charge on any atom is 0.337 e. The second-order valence-electron chi connectivity index (χ2n) is 7.23. The molecular weight excluding hydrogens is 374 g/mol. The van der Waals surface area contributed by atoms with Crippen molar-refractivity contribution in [3.8, 4) is 0 Å². The van der Waals surface area contributed by atoms with Gasteiger partial charge in [0.05, 0.1) is 32.1 Å². The Kier molecular flexibility index (Phi) is 5.84. The summed E-state index contributed by atoms with van der Waals surface area (Å²) in [5, 5.41) is 2.49. The fourth-order valence-corrected chi connectivity index (χ4v) is 5.23. The third-order valence-corrected chi connectivity index (χ3v) is 6.44. The van der Waals surface area contributed by atoms with Crippen LogP contribution in [0.15, 0.2) is 23.8 Å². The van der Waals surface area contributed by atoms with Crippen molar-refractivity contribution in [3.05, 3.63) is 41.0 Å². The molecule has 0 aromatic heterocycles. The molecule has 0 saturated heterocycles. The lowest BCUT2D eigenvalue weighted by atomic mass is 10.0. The SMILES string of the molecule is CCC(=O)N1C(=O)NC(c2ccc(F)c(F)c2)=C(C(=O)OC)C1[Si](C)(C)C. The molecule has 1 atom stereocenters. The summed E-state index contributed by atoms with van der Waals surface area (Å²) in [5.74, 6) is -3.34. The van der Waals surface area contributed by atoms with E-state index >= 15 is 0 Å². The van der Waals surface area contributed by atoms with Gasteiger partial charge >= 0.3 is 12.0 Å². The first-order valence-corrected chi connectivity index (χ1v) is 12.0. The summed E-state index contributed by atoms with van der Waals surface area (Å²) in [6.07, 6.45) is 0.0728. The Balaban J connectivity index is 2.81. The van der Waals surface area contributed by atoms with Gasteiger partial charge in [0.2, 0.25) is 5.91 Å². The van der Waals surface area contributed by atoms with Crippen LogP contribution in [0, 0.1) is 11.6 Å². The Morgan fingerprint density at radius 2 is 1.85 bits per heavy atom. The molecule has 3 amide bonds. The molecule has 0 saturated carbocycles. The van der Waals surface area contributed by atoms with Gasteiger partial charge in [0.1, 0.15) is 0 Å². The number of carbonyl (C=O) groups is 3. The molecule has 146 valence electrons. The van der Waals surface area contributed by atoms with Crippen molar-refractivity contribution in [3.63, 3.8) is 0 Å². The molecule has 0 bridgehead atoms. The molecule has 0 aliphatic carbocycles. The molecule has 27 heavy (non-hydrogen) atoms. The normalized spacial score (nSPS) is 17.7. The number of nitrogens with one attached hydrogen (secondary N) is 1. The number of methoxy groups -OCH3 is 1. The van der Waals surface area contributed by atoms with Crippen LogP contribution in [0.2, 0.25) is 19.6 Å². The number of hydrogen-bond donors (Lipinski definition) is 1. The Labute approximate surface area is 157 Å². The Bertz CT molecular complexity index is 833. The van der Waals surface area contributed by atoms with E-state index in [9.17, 15) is 23.2 Å². The fraction of sp³-hybridized carbons (Fsp3) is 0.389. The third-order valence-electron chi connectivity index (χ3n) is 4.26. The predicted octanol–water partition coefficient (Wildman–Crippen LogP) is 3.06. The van der Waals surface area contributed by atoms with Gasteiger partial charge < -0.3 is 10.1 Å². The monoisotopic (exact) mass is 396 g/mol. The molecule has 0 fully saturated rings. The summed E-state index contributed by atoms with van der Waals surface area (Å²) in [6.45, 7) is 7.32. The van der Waals surface area contributed by atoms with Crippen molar-refractivity contribution in [2.45, 2.75) is 38.7 Å². The average molecular weight is 396 g/mol. The zero-order chi connectivity index (χ0) is 20.5. The van der Waals surface area contributed by atoms with Crippen molar-refractivity contribution in [1.82, 2.24) is 10.2 Å². The summed E-state index contributed by atoms with van der Waals surface area (Å²) in [6, 6.07) is 2.36. The quantitative estimate of drug-likeness (QED) is 0.627. The maximum atomic E-state index is 13.7. The highest BCUT2D eigenvalue weighted by atomic mass is 28.3. The molecule has 9 heteroatoms. The second kappa shape index (κ2) is 7.59. The molecule has 1 aliphatic heterocycles. The summed E-state index contributed by atoms with van der Waals surface area (Å²) in [7, 11) is -1.18. The minimum absolute atomic E-state index is 0.0262. The zero-order valence-electron chi connectivity index (χ0n) is 15.9. The largest absolute Gasteiger partial charge is 0.466 e. The molecule has 1 N–H and O–H groups in total. The molecule has 1 unspecified atom stereocenters. The number of carbonyl (C=O) groups excluding carboxylic acids is 3. The predicted molar refractivity (Wildman–Crippen MR) is 98.1 cm³/mol. The van der Waals surface area contributed by atoms with Crippen LogP contribution in [0.5, 0.6) is 0 Å². The number of hydrogen-bond acceptors (Lipinski definition) is 4. The van der Waals surface area contributed by atoms with Gasteiger partial charge in [-0.3, -0.25) is 9.69 Å². The van der Waals surface area contributed by atoms with Crippen LogP contribution < -0.4 is 5.32 Å². The van der Waals surface area contributed by atoms with Gasteiger partial charge in [-0.25, -0.2) is 18.4 Å². The Morgan fingerprint density at radius 3 is 2.33 bits per heavy atom. The smallest absolute Gasteiger partial charge is 0.337 e. The molecule has 0 radical (unpaired) electrons. The molecular formula is C18H22F2N2O4Si. The number of imide groups is 1. The minimum Gasteiger partial charge on any atom is -0.466 e. The van der Waals surface area contributed by atoms with E-state index in [2.05, 4.69) is 5.32 Å². The molecule has 0 spiro atoms. The molecule has 1 aromatic carbocycles. The summed E-state index contributed by atoms with van der Waals surface area (Å²) < 4.78 is 32.0. The van der Waals surface area contributed by atoms with Crippen molar-refractivity contribution >= 4 is 31.7 Å². The molecule has 6 nitrogen and oxygen atoms in total. The average Bonchev–Trinajstić information content (AvgIpc) is 2.61. The van der Waals surface area contributed by atoms with E-state index in [4.69, 9.17) is 4.74 Å². The number of amides is 3. The van der Waals surface area contributed by atoms with Crippen LogP contribution in [-0.4, -0.2) is 43.7 Å². The first-order valence-electron chi connectivity index (χ1n) is 8.43. The number of nitrogens with zero attached hydrogens (tertiary/aromatic N) is 1. The molecule has 1 heterocycles. The third kappa shape index (κ3) is 3.92. The van der Waals surface area contributed by atoms with Crippen molar-refractivity contribution in [2.75, 3.05) is 7.11 Å². The highest BCUT2D eigenvalue weighted by Crippen LogP contribution is 2.33. The number of ether oxygens (including phenoxy) is 1. The number of rotatable bonds is 4. The van der Waals surface area contributed by atoms with Crippen LogP contribution in [0.25, 0.3) is 5.70 Å². The first-order chi connectivity index (χ1) is 12.5. The van der Waals surface area contributed by atoms with Crippen molar-refractivity contribution in [2.24, 2.45) is 0 Å². The summed E-state index contributed by atoms with van der Waals surface area (Å²) in [5.41, 5.74) is -0.605. The summed E-state index contributed by atoms with van der Waals surface area (Å²) in [4.78, 5) is 38.8. The minimum atomic E-state index is -2.36. The highest BCUT2D eigenvalue weighted by molar-refractivity contribution is 6.79. The van der Waals surface area contributed by atoms with Crippen molar-refractivity contribution < 1.29 is 27.9 Å². The van der Waals surface area contributed by atoms with Crippen LogP contribution in [0.3, 0.4) is 0 Å². The van der Waals surface area contributed by atoms with Gasteiger partial charge in [-0.1, -0.05) is 26.6 Å². The summed E-state index contributed by atoms with van der Waals surface area (Å²) >= 11 is 0. The lowest BCUT2D eigenvalue weighted by molar-refractivity contribution is -0.137. The van der Waals surface area contributed by atoms with Crippen LogP contribution >= 0.6 is 0 Å². The van der Waals surface area contributed by atoms with Gasteiger partial charge in [0, 0.05) is 12.0 Å². The zero-order valence-corrected chi connectivity index (χ0v) is 16.9. The van der Waals surface area contributed by atoms with Gasteiger partial charge in [0.25, 0.3) is 0 Å². The van der Waals surface area contributed by atoms with Crippen molar-refractivity contribution in [1.29, 1.82) is 0 Å². The van der Waals surface area contributed by atoms with Crippen LogP contribution in [0.1, 0.15) is 18.9 Å². The van der Waals surface area contributed by atoms with E-state index in [-0.39, 0.29) is 23.3 Å².